The number of hydrogen-bond acceptors (Lipinski definition) is 6. The van der Waals surface area contributed by atoms with Crippen LogP contribution in [0.5, 0.6) is 5.75 Å². The molecule has 1 aliphatic carbocycles. The van der Waals surface area contributed by atoms with Crippen LogP contribution in [0, 0.1) is 19.8 Å². The van der Waals surface area contributed by atoms with Gasteiger partial charge in [-0.2, -0.15) is 0 Å². The maximum absolute atomic E-state index is 13.6. The molecule has 1 amide bonds. The van der Waals surface area contributed by atoms with Gasteiger partial charge in [-0.25, -0.2) is 4.98 Å². The molecule has 0 bridgehead atoms. The van der Waals surface area contributed by atoms with E-state index in [1.807, 2.05) is 38.1 Å². The number of methoxy groups -OCH3 is 1. The van der Waals surface area contributed by atoms with E-state index >= 15 is 0 Å². The molecule has 30 heavy (non-hydrogen) atoms. The summed E-state index contributed by atoms with van der Waals surface area (Å²) in [5.41, 5.74) is 2.11. The first kappa shape index (κ1) is 19.3. The maximum atomic E-state index is 13.6. The van der Waals surface area contributed by atoms with Gasteiger partial charge < -0.3 is 9.47 Å². The third-order valence-electron chi connectivity index (χ3n) is 6.42. The van der Waals surface area contributed by atoms with Gasteiger partial charge in [0.2, 0.25) is 0 Å². The number of carbonyl (C=O) groups excluding carboxylic acids is 2. The summed E-state index contributed by atoms with van der Waals surface area (Å²) in [5, 5.41) is 0.583. The van der Waals surface area contributed by atoms with Gasteiger partial charge in [0.25, 0.3) is 5.91 Å². The van der Waals surface area contributed by atoms with E-state index in [0.717, 1.165) is 41.8 Å². The number of ketones is 1. The van der Waals surface area contributed by atoms with Gasteiger partial charge in [-0.3, -0.25) is 14.5 Å². The summed E-state index contributed by atoms with van der Waals surface area (Å²) in [4.78, 5) is 34.5. The van der Waals surface area contributed by atoms with Gasteiger partial charge in [-0.1, -0.05) is 24.6 Å². The zero-order chi connectivity index (χ0) is 21.0. The summed E-state index contributed by atoms with van der Waals surface area (Å²) >= 11 is 1.46. The number of fused-ring (bicyclic) bond motifs is 1. The predicted octanol–water partition coefficient (Wildman–Crippen LogP) is 4.27. The highest BCUT2D eigenvalue weighted by Gasteiger charge is 2.53. The molecular formula is C23H24N2O4S. The first-order valence-corrected chi connectivity index (χ1v) is 11.2. The Morgan fingerprint density at radius 3 is 2.67 bits per heavy atom. The Morgan fingerprint density at radius 2 is 1.93 bits per heavy atom. The van der Waals surface area contributed by atoms with Gasteiger partial charge in [-0.15, -0.1) is 11.3 Å². The van der Waals surface area contributed by atoms with E-state index in [0.29, 0.717) is 16.5 Å². The predicted molar refractivity (Wildman–Crippen MR) is 114 cm³/mol. The summed E-state index contributed by atoms with van der Waals surface area (Å²) < 4.78 is 11.8. The van der Waals surface area contributed by atoms with Gasteiger partial charge in [0.1, 0.15) is 17.9 Å². The molecule has 3 heterocycles. The van der Waals surface area contributed by atoms with Crippen LogP contribution in [-0.2, 0) is 14.3 Å². The largest absolute Gasteiger partial charge is 0.496 e. The van der Waals surface area contributed by atoms with Gasteiger partial charge in [-0.05, 0) is 39.2 Å². The van der Waals surface area contributed by atoms with Crippen molar-refractivity contribution in [2.45, 2.75) is 51.7 Å². The van der Waals surface area contributed by atoms with Crippen LogP contribution in [-0.4, -0.2) is 29.9 Å². The molecule has 6 nitrogen and oxygen atoms in total. The Kier molecular flexibility index (Phi) is 4.65. The van der Waals surface area contributed by atoms with E-state index in [4.69, 9.17) is 9.47 Å². The van der Waals surface area contributed by atoms with Crippen molar-refractivity contribution in [2.24, 2.45) is 5.92 Å². The zero-order valence-corrected chi connectivity index (χ0v) is 18.1. The van der Waals surface area contributed by atoms with E-state index in [-0.39, 0.29) is 29.5 Å². The highest BCUT2D eigenvalue weighted by Crippen LogP contribution is 2.50. The summed E-state index contributed by atoms with van der Waals surface area (Å²) in [6.45, 7) is 3.91. The average molecular weight is 425 g/mol. The van der Waals surface area contributed by atoms with Crippen molar-refractivity contribution >= 4 is 28.2 Å². The SMILES string of the molecule is COc1ccccc1C1C2=C(OC3CCCCC3C2=O)C(=O)N1c1nc(C)c(C)s1. The van der Waals surface area contributed by atoms with Crippen molar-refractivity contribution in [3.63, 3.8) is 0 Å². The van der Waals surface area contributed by atoms with Gasteiger partial charge in [0.15, 0.2) is 16.7 Å². The van der Waals surface area contributed by atoms with E-state index in [1.165, 1.54) is 11.3 Å². The first-order valence-electron chi connectivity index (χ1n) is 10.4. The molecule has 3 atom stereocenters. The quantitative estimate of drug-likeness (QED) is 0.736. The van der Waals surface area contributed by atoms with Gasteiger partial charge >= 0.3 is 0 Å². The molecule has 0 N–H and O–H groups in total. The lowest BCUT2D eigenvalue weighted by Crippen LogP contribution is -2.39. The molecule has 0 spiro atoms. The number of ether oxygens (including phenoxy) is 2. The number of anilines is 1. The van der Waals surface area contributed by atoms with E-state index in [9.17, 15) is 9.59 Å². The number of nitrogens with zero attached hydrogens (tertiary/aromatic N) is 2. The Balaban J connectivity index is 1.69. The fraction of sp³-hybridized carbons (Fsp3) is 0.435. The number of carbonyl (C=O) groups is 2. The van der Waals surface area contributed by atoms with Crippen LogP contribution in [0.25, 0.3) is 0 Å². The molecule has 2 aliphatic heterocycles. The molecule has 3 aliphatic rings. The monoisotopic (exact) mass is 424 g/mol. The van der Waals surface area contributed by atoms with Crippen LogP contribution >= 0.6 is 11.3 Å². The summed E-state index contributed by atoms with van der Waals surface area (Å²) in [5.74, 6) is 0.411. The molecule has 156 valence electrons. The minimum absolute atomic E-state index is 0.0395. The van der Waals surface area contributed by atoms with Crippen molar-refractivity contribution in [2.75, 3.05) is 12.0 Å². The molecule has 1 fully saturated rings. The third-order valence-corrected chi connectivity index (χ3v) is 7.49. The average Bonchev–Trinajstić information content (AvgIpc) is 3.24. The molecular weight excluding hydrogens is 400 g/mol. The van der Waals surface area contributed by atoms with Crippen LogP contribution in [0.15, 0.2) is 35.6 Å². The Morgan fingerprint density at radius 1 is 1.17 bits per heavy atom. The van der Waals surface area contributed by atoms with E-state index in [2.05, 4.69) is 4.98 Å². The fourth-order valence-corrected chi connectivity index (χ4v) is 5.72. The lowest BCUT2D eigenvalue weighted by atomic mass is 9.77. The minimum atomic E-state index is -0.594. The summed E-state index contributed by atoms with van der Waals surface area (Å²) in [6, 6.07) is 6.95. The molecule has 1 aromatic carbocycles. The number of hydrogen-bond donors (Lipinski definition) is 0. The van der Waals surface area contributed by atoms with Crippen LogP contribution < -0.4 is 9.64 Å². The van der Waals surface area contributed by atoms with E-state index in [1.54, 1.807) is 12.0 Å². The van der Waals surface area contributed by atoms with Crippen LogP contribution in [0.3, 0.4) is 0 Å². The lowest BCUT2D eigenvalue weighted by Gasteiger charge is -2.35. The highest BCUT2D eigenvalue weighted by molar-refractivity contribution is 7.15. The van der Waals surface area contributed by atoms with Crippen LogP contribution in [0.1, 0.15) is 47.9 Å². The van der Waals surface area contributed by atoms with Crippen LogP contribution in [0.2, 0.25) is 0 Å². The second-order valence-electron chi connectivity index (χ2n) is 8.11. The minimum Gasteiger partial charge on any atom is -0.496 e. The maximum Gasteiger partial charge on any atom is 0.296 e. The molecule has 7 heteroatoms. The molecule has 2 aromatic rings. The molecule has 0 saturated heterocycles. The summed E-state index contributed by atoms with van der Waals surface area (Å²) in [7, 11) is 1.60. The number of rotatable bonds is 3. The lowest BCUT2D eigenvalue weighted by molar-refractivity contribution is -0.131. The number of benzene rings is 1. The van der Waals surface area contributed by atoms with Crippen molar-refractivity contribution in [3.05, 3.63) is 51.7 Å². The smallest absolute Gasteiger partial charge is 0.296 e. The Labute approximate surface area is 179 Å². The first-order chi connectivity index (χ1) is 14.5. The summed E-state index contributed by atoms with van der Waals surface area (Å²) in [6.07, 6.45) is 3.46. The van der Waals surface area contributed by atoms with Gasteiger partial charge in [0, 0.05) is 10.4 Å². The van der Waals surface area contributed by atoms with Crippen molar-refractivity contribution in [1.82, 2.24) is 4.98 Å². The topological polar surface area (TPSA) is 68.7 Å². The highest BCUT2D eigenvalue weighted by atomic mass is 32.1. The van der Waals surface area contributed by atoms with Crippen LogP contribution in [0.4, 0.5) is 5.13 Å². The van der Waals surface area contributed by atoms with E-state index < -0.39 is 6.04 Å². The molecule has 0 radical (unpaired) electrons. The Hall–Kier alpha value is -2.67. The standard InChI is InChI=1S/C23H24N2O4S/c1-12-13(2)30-23(24-12)25-19(14-8-4-6-10-16(14)28-3)18-20(26)15-9-5-7-11-17(15)29-21(18)22(25)27/h4,6,8,10,15,17,19H,5,7,9,11H2,1-3H3. The van der Waals surface area contributed by atoms with Crippen molar-refractivity contribution in [3.8, 4) is 5.75 Å². The molecule has 3 unspecified atom stereocenters. The number of Topliss-reactive ketones (excluding diaryl/α,β-unsaturated/α-hetero) is 1. The Bertz CT molecular complexity index is 1050. The third kappa shape index (κ3) is 2.79. The van der Waals surface area contributed by atoms with Gasteiger partial charge in [0.05, 0.1) is 24.3 Å². The number of amides is 1. The normalized spacial score (nSPS) is 25.8. The zero-order valence-electron chi connectivity index (χ0n) is 17.3. The van der Waals surface area contributed by atoms with Crippen molar-refractivity contribution < 1.29 is 19.1 Å². The second-order valence-corrected chi connectivity index (χ2v) is 9.29. The molecule has 1 aromatic heterocycles. The fourth-order valence-electron chi connectivity index (χ4n) is 4.79. The number of aromatic nitrogens is 1. The second kappa shape index (κ2) is 7.23. The number of para-hydroxylation sites is 1. The molecule has 5 rings (SSSR count). The molecule has 1 saturated carbocycles. The number of thiazole rings is 1. The van der Waals surface area contributed by atoms with Crippen molar-refractivity contribution in [1.29, 1.82) is 0 Å². The number of aryl methyl sites for hydroxylation is 2.